The molecule has 0 saturated carbocycles. The zero-order chi connectivity index (χ0) is 14.0. The SMILES string of the molecule is O=C(Nc1ccc(Cl)cc1I)c1ccc(Br)cc1Br. The Kier molecular flexibility index (Phi) is 5.28. The van der Waals surface area contributed by atoms with Gasteiger partial charge in [-0.15, -0.1) is 0 Å². The fourth-order valence-corrected chi connectivity index (χ4v) is 3.69. The summed E-state index contributed by atoms with van der Waals surface area (Å²) in [5, 5.41) is 3.51. The lowest BCUT2D eigenvalue weighted by Gasteiger charge is -2.09. The molecular formula is C13H7Br2ClINO. The fourth-order valence-electron chi connectivity index (χ4n) is 1.45. The first-order chi connectivity index (χ1) is 8.97. The minimum absolute atomic E-state index is 0.167. The van der Waals surface area contributed by atoms with Gasteiger partial charge in [0.1, 0.15) is 0 Å². The van der Waals surface area contributed by atoms with Crippen LogP contribution in [0.4, 0.5) is 5.69 Å². The molecule has 0 heterocycles. The maximum absolute atomic E-state index is 12.2. The van der Waals surface area contributed by atoms with Crippen molar-refractivity contribution in [2.75, 3.05) is 5.32 Å². The Morgan fingerprint density at radius 2 is 1.89 bits per heavy atom. The van der Waals surface area contributed by atoms with E-state index in [-0.39, 0.29) is 5.91 Å². The van der Waals surface area contributed by atoms with Crippen LogP contribution < -0.4 is 5.32 Å². The third kappa shape index (κ3) is 3.93. The summed E-state index contributed by atoms with van der Waals surface area (Å²) in [7, 11) is 0. The summed E-state index contributed by atoms with van der Waals surface area (Å²) in [6, 6.07) is 10.7. The van der Waals surface area contributed by atoms with Crippen LogP contribution in [0, 0.1) is 3.57 Å². The molecule has 0 saturated heterocycles. The third-order valence-corrected chi connectivity index (χ3v) is 4.63. The summed E-state index contributed by atoms with van der Waals surface area (Å²) in [4.78, 5) is 12.2. The van der Waals surface area contributed by atoms with Gasteiger partial charge in [-0.2, -0.15) is 0 Å². The molecule has 2 rings (SSSR count). The van der Waals surface area contributed by atoms with Crippen molar-refractivity contribution < 1.29 is 4.79 Å². The number of anilines is 1. The van der Waals surface area contributed by atoms with Gasteiger partial charge in [-0.1, -0.05) is 27.5 Å². The summed E-state index contributed by atoms with van der Waals surface area (Å²) >= 11 is 14.7. The lowest BCUT2D eigenvalue weighted by atomic mass is 10.2. The number of hydrogen-bond donors (Lipinski definition) is 1. The highest BCUT2D eigenvalue weighted by molar-refractivity contribution is 14.1. The highest BCUT2D eigenvalue weighted by Gasteiger charge is 2.12. The van der Waals surface area contributed by atoms with E-state index in [4.69, 9.17) is 11.6 Å². The van der Waals surface area contributed by atoms with Crippen molar-refractivity contribution in [3.8, 4) is 0 Å². The van der Waals surface area contributed by atoms with E-state index in [1.807, 2.05) is 12.1 Å². The number of carbonyl (C=O) groups is 1. The Hall–Kier alpha value is -0.110. The minimum atomic E-state index is -0.167. The maximum Gasteiger partial charge on any atom is 0.256 e. The first kappa shape index (κ1) is 15.3. The van der Waals surface area contributed by atoms with Gasteiger partial charge >= 0.3 is 0 Å². The van der Waals surface area contributed by atoms with Crippen LogP contribution in [0.15, 0.2) is 45.3 Å². The second-order valence-corrected chi connectivity index (χ2v) is 7.07. The summed E-state index contributed by atoms with van der Waals surface area (Å²) in [5.74, 6) is -0.167. The van der Waals surface area contributed by atoms with Gasteiger partial charge in [-0.25, -0.2) is 0 Å². The smallest absolute Gasteiger partial charge is 0.256 e. The summed E-state index contributed by atoms with van der Waals surface area (Å²) in [6.07, 6.45) is 0. The van der Waals surface area contributed by atoms with Gasteiger partial charge in [0.15, 0.2) is 0 Å². The van der Waals surface area contributed by atoms with Gasteiger partial charge in [-0.3, -0.25) is 4.79 Å². The van der Waals surface area contributed by atoms with E-state index >= 15 is 0 Å². The average Bonchev–Trinajstić information content (AvgIpc) is 2.32. The quantitative estimate of drug-likeness (QED) is 0.510. The van der Waals surface area contributed by atoms with Crippen molar-refractivity contribution >= 4 is 77.6 Å². The Morgan fingerprint density at radius 3 is 2.53 bits per heavy atom. The molecule has 98 valence electrons. The van der Waals surface area contributed by atoms with Crippen LogP contribution in [-0.2, 0) is 0 Å². The predicted octanol–water partition coefficient (Wildman–Crippen LogP) is 5.72. The van der Waals surface area contributed by atoms with Crippen molar-refractivity contribution in [1.82, 2.24) is 0 Å². The van der Waals surface area contributed by atoms with Crippen LogP contribution in [0.3, 0.4) is 0 Å². The average molecular weight is 515 g/mol. The molecule has 19 heavy (non-hydrogen) atoms. The molecule has 1 N–H and O–H groups in total. The Labute approximate surface area is 146 Å². The summed E-state index contributed by atoms with van der Waals surface area (Å²) in [6.45, 7) is 0. The predicted molar refractivity (Wildman–Crippen MR) is 94.0 cm³/mol. The molecule has 0 aliphatic carbocycles. The van der Waals surface area contributed by atoms with Crippen LogP contribution >= 0.6 is 66.1 Å². The first-order valence-electron chi connectivity index (χ1n) is 5.19. The monoisotopic (exact) mass is 513 g/mol. The number of hydrogen-bond acceptors (Lipinski definition) is 1. The molecule has 0 bridgehead atoms. The lowest BCUT2D eigenvalue weighted by Crippen LogP contribution is -2.13. The molecule has 0 atom stereocenters. The number of benzene rings is 2. The molecule has 0 fully saturated rings. The molecule has 0 radical (unpaired) electrons. The van der Waals surface area contributed by atoms with Crippen molar-refractivity contribution in [1.29, 1.82) is 0 Å². The minimum Gasteiger partial charge on any atom is -0.321 e. The largest absolute Gasteiger partial charge is 0.321 e. The number of halogens is 4. The normalized spacial score (nSPS) is 10.3. The van der Waals surface area contributed by atoms with Gasteiger partial charge < -0.3 is 5.32 Å². The van der Waals surface area contributed by atoms with Gasteiger partial charge in [0, 0.05) is 17.5 Å². The summed E-state index contributed by atoms with van der Waals surface area (Å²) < 4.78 is 2.55. The highest BCUT2D eigenvalue weighted by atomic mass is 127. The molecule has 2 aromatic carbocycles. The van der Waals surface area contributed by atoms with Crippen LogP contribution in [0.1, 0.15) is 10.4 Å². The van der Waals surface area contributed by atoms with Gasteiger partial charge in [-0.05, 0) is 74.9 Å². The molecule has 1 amide bonds. The van der Waals surface area contributed by atoms with Crippen molar-refractivity contribution in [2.24, 2.45) is 0 Å². The molecular weight excluding hydrogens is 508 g/mol. The fraction of sp³-hybridized carbons (Fsp3) is 0. The van der Waals surface area contributed by atoms with E-state index < -0.39 is 0 Å². The zero-order valence-electron chi connectivity index (χ0n) is 9.38. The highest BCUT2D eigenvalue weighted by Crippen LogP contribution is 2.25. The molecule has 0 aliphatic rings. The standard InChI is InChI=1S/C13H7Br2ClINO/c14-7-1-3-9(10(15)5-7)13(19)18-12-4-2-8(16)6-11(12)17/h1-6H,(H,18,19). The van der Waals surface area contributed by atoms with Gasteiger partial charge in [0.05, 0.1) is 11.3 Å². The third-order valence-electron chi connectivity index (χ3n) is 2.36. The topological polar surface area (TPSA) is 29.1 Å². The van der Waals surface area contributed by atoms with Crippen LogP contribution in [0.5, 0.6) is 0 Å². The lowest BCUT2D eigenvalue weighted by molar-refractivity contribution is 0.102. The second-order valence-electron chi connectivity index (χ2n) is 3.70. The molecule has 6 heteroatoms. The number of rotatable bonds is 2. The molecule has 0 spiro atoms. The molecule has 0 aromatic heterocycles. The van der Waals surface area contributed by atoms with E-state index in [1.165, 1.54) is 0 Å². The summed E-state index contributed by atoms with van der Waals surface area (Å²) in [5.41, 5.74) is 1.32. The molecule has 0 unspecified atom stereocenters. The Balaban J connectivity index is 2.25. The van der Waals surface area contributed by atoms with Crippen molar-refractivity contribution in [2.45, 2.75) is 0 Å². The maximum atomic E-state index is 12.2. The van der Waals surface area contributed by atoms with Crippen molar-refractivity contribution in [3.63, 3.8) is 0 Å². The van der Waals surface area contributed by atoms with Crippen LogP contribution in [0.2, 0.25) is 5.02 Å². The van der Waals surface area contributed by atoms with Gasteiger partial charge in [0.25, 0.3) is 5.91 Å². The first-order valence-corrected chi connectivity index (χ1v) is 8.23. The molecule has 0 aliphatic heterocycles. The van der Waals surface area contributed by atoms with Gasteiger partial charge in [0.2, 0.25) is 0 Å². The van der Waals surface area contributed by atoms with Crippen LogP contribution in [-0.4, -0.2) is 5.91 Å². The Morgan fingerprint density at radius 1 is 1.16 bits per heavy atom. The number of amides is 1. The van der Waals surface area contributed by atoms with Crippen LogP contribution in [0.25, 0.3) is 0 Å². The Bertz CT molecular complexity index is 649. The molecule has 2 nitrogen and oxygen atoms in total. The van der Waals surface area contributed by atoms with E-state index in [9.17, 15) is 4.79 Å². The van der Waals surface area contributed by atoms with E-state index in [0.29, 0.717) is 10.6 Å². The van der Waals surface area contributed by atoms with E-state index in [2.05, 4.69) is 59.8 Å². The number of carbonyl (C=O) groups excluding carboxylic acids is 1. The van der Waals surface area contributed by atoms with E-state index in [0.717, 1.165) is 18.2 Å². The second kappa shape index (κ2) is 6.56. The number of nitrogens with one attached hydrogen (secondary N) is 1. The zero-order valence-corrected chi connectivity index (χ0v) is 15.5. The van der Waals surface area contributed by atoms with E-state index in [1.54, 1.807) is 24.3 Å². The van der Waals surface area contributed by atoms with Crippen molar-refractivity contribution in [3.05, 3.63) is 59.5 Å². The molecule has 2 aromatic rings.